The second-order valence-electron chi connectivity index (χ2n) is 3.03. The van der Waals surface area contributed by atoms with Crippen molar-refractivity contribution in [3.05, 3.63) is 29.8 Å². The van der Waals surface area contributed by atoms with Gasteiger partial charge in [0.1, 0.15) is 0 Å². The van der Waals surface area contributed by atoms with Crippen LogP contribution >= 0.6 is 0 Å². The highest BCUT2D eigenvalue weighted by molar-refractivity contribution is 5.51. The third-order valence-corrected chi connectivity index (χ3v) is 2.26. The molecule has 0 bridgehead atoms. The third-order valence-electron chi connectivity index (χ3n) is 2.26. The summed E-state index contributed by atoms with van der Waals surface area (Å²) in [5, 5.41) is 0. The standard InChI is InChI=1S/C11H11N/c1-2-10-4-6-11(7-5-10)12-8-3-9-12/h1,4-7H,3,8-9H2. The molecule has 0 atom stereocenters. The smallest absolute Gasteiger partial charge is 0.0367 e. The molecule has 1 fully saturated rings. The van der Waals surface area contributed by atoms with Gasteiger partial charge in [-0.15, -0.1) is 6.42 Å². The normalized spacial score (nSPS) is 15.1. The quantitative estimate of drug-likeness (QED) is 0.562. The molecule has 1 aromatic carbocycles. The number of benzene rings is 1. The molecule has 1 heteroatoms. The van der Waals surface area contributed by atoms with E-state index in [0.29, 0.717) is 0 Å². The number of nitrogens with zero attached hydrogens (tertiary/aromatic N) is 1. The predicted molar refractivity (Wildman–Crippen MR) is 51.2 cm³/mol. The predicted octanol–water partition coefficient (Wildman–Crippen LogP) is 1.88. The maximum absolute atomic E-state index is 5.26. The van der Waals surface area contributed by atoms with E-state index in [1.165, 1.54) is 25.2 Å². The summed E-state index contributed by atoms with van der Waals surface area (Å²) in [4.78, 5) is 2.35. The van der Waals surface area contributed by atoms with Crippen LogP contribution in [0.5, 0.6) is 0 Å². The fraction of sp³-hybridized carbons (Fsp3) is 0.273. The van der Waals surface area contributed by atoms with Gasteiger partial charge >= 0.3 is 0 Å². The molecule has 1 nitrogen and oxygen atoms in total. The Balaban J connectivity index is 2.19. The van der Waals surface area contributed by atoms with Gasteiger partial charge in [-0.3, -0.25) is 0 Å². The lowest BCUT2D eigenvalue weighted by Crippen LogP contribution is -2.36. The zero-order chi connectivity index (χ0) is 8.39. The van der Waals surface area contributed by atoms with E-state index in [1.54, 1.807) is 0 Å². The molecule has 0 unspecified atom stereocenters. The van der Waals surface area contributed by atoms with Crippen LogP contribution in [0.4, 0.5) is 5.69 Å². The molecule has 12 heavy (non-hydrogen) atoms. The topological polar surface area (TPSA) is 3.24 Å². The van der Waals surface area contributed by atoms with E-state index in [1.807, 2.05) is 12.1 Å². The molecule has 1 saturated heterocycles. The van der Waals surface area contributed by atoms with E-state index >= 15 is 0 Å². The van der Waals surface area contributed by atoms with Gasteiger partial charge in [-0.05, 0) is 30.7 Å². The van der Waals surface area contributed by atoms with E-state index in [9.17, 15) is 0 Å². The van der Waals surface area contributed by atoms with E-state index < -0.39 is 0 Å². The average Bonchev–Trinajstić information content (AvgIpc) is 2.03. The molecule has 1 aliphatic heterocycles. The number of rotatable bonds is 1. The zero-order valence-corrected chi connectivity index (χ0v) is 6.96. The minimum absolute atomic E-state index is 0.958. The Labute approximate surface area is 73.0 Å². The fourth-order valence-electron chi connectivity index (χ4n) is 1.34. The molecule has 0 spiro atoms. The van der Waals surface area contributed by atoms with Crippen LogP contribution < -0.4 is 4.90 Å². The first kappa shape index (κ1) is 7.24. The molecule has 0 aromatic heterocycles. The first-order valence-electron chi connectivity index (χ1n) is 4.22. The third kappa shape index (κ3) is 1.16. The number of anilines is 1. The molecule has 0 aliphatic carbocycles. The van der Waals surface area contributed by atoms with Crippen molar-refractivity contribution in [3.63, 3.8) is 0 Å². The van der Waals surface area contributed by atoms with E-state index in [2.05, 4.69) is 23.0 Å². The zero-order valence-electron chi connectivity index (χ0n) is 6.96. The highest BCUT2D eigenvalue weighted by atomic mass is 15.2. The van der Waals surface area contributed by atoms with Gasteiger partial charge in [-0.2, -0.15) is 0 Å². The van der Waals surface area contributed by atoms with Crippen LogP contribution in [0, 0.1) is 12.3 Å². The molecule has 0 N–H and O–H groups in total. The average molecular weight is 157 g/mol. The van der Waals surface area contributed by atoms with Gasteiger partial charge in [-0.1, -0.05) is 5.92 Å². The van der Waals surface area contributed by atoms with Crippen LogP contribution in [-0.4, -0.2) is 13.1 Å². The molecule has 60 valence electrons. The van der Waals surface area contributed by atoms with Gasteiger partial charge in [-0.25, -0.2) is 0 Å². The van der Waals surface area contributed by atoms with Gasteiger partial charge in [0.15, 0.2) is 0 Å². The van der Waals surface area contributed by atoms with Gasteiger partial charge in [0.2, 0.25) is 0 Å². The Morgan fingerprint density at radius 3 is 2.25 bits per heavy atom. The van der Waals surface area contributed by atoms with Crippen molar-refractivity contribution < 1.29 is 0 Å². The minimum Gasteiger partial charge on any atom is -0.371 e. The summed E-state index contributed by atoms with van der Waals surface area (Å²) < 4.78 is 0. The van der Waals surface area contributed by atoms with E-state index in [4.69, 9.17) is 6.42 Å². The van der Waals surface area contributed by atoms with Crippen molar-refractivity contribution in [1.29, 1.82) is 0 Å². The van der Waals surface area contributed by atoms with Gasteiger partial charge in [0.05, 0.1) is 0 Å². The fourth-order valence-corrected chi connectivity index (χ4v) is 1.34. The number of terminal acetylenes is 1. The lowest BCUT2D eigenvalue weighted by atomic mass is 10.1. The Morgan fingerprint density at radius 2 is 1.83 bits per heavy atom. The number of hydrogen-bond acceptors (Lipinski definition) is 1. The van der Waals surface area contributed by atoms with Crippen LogP contribution in [0.2, 0.25) is 0 Å². The van der Waals surface area contributed by atoms with E-state index in [0.717, 1.165) is 5.56 Å². The van der Waals surface area contributed by atoms with Crippen LogP contribution in [0.1, 0.15) is 12.0 Å². The summed E-state index contributed by atoms with van der Waals surface area (Å²) in [5.74, 6) is 2.61. The minimum atomic E-state index is 0.958. The second-order valence-corrected chi connectivity index (χ2v) is 3.03. The first-order chi connectivity index (χ1) is 5.90. The van der Waals surface area contributed by atoms with Crippen molar-refractivity contribution in [2.45, 2.75) is 6.42 Å². The monoisotopic (exact) mass is 157 g/mol. The summed E-state index contributed by atoms with van der Waals surface area (Å²) in [6.07, 6.45) is 6.58. The van der Waals surface area contributed by atoms with Crippen LogP contribution in [0.25, 0.3) is 0 Å². The van der Waals surface area contributed by atoms with Gasteiger partial charge in [0, 0.05) is 24.3 Å². The summed E-state index contributed by atoms with van der Waals surface area (Å²) >= 11 is 0. The van der Waals surface area contributed by atoms with Gasteiger partial charge < -0.3 is 4.90 Å². The SMILES string of the molecule is C#Cc1ccc(N2CCC2)cc1. The van der Waals surface area contributed by atoms with Crippen molar-refractivity contribution in [2.75, 3.05) is 18.0 Å². The maximum Gasteiger partial charge on any atom is 0.0367 e. The molecular weight excluding hydrogens is 146 g/mol. The molecule has 2 rings (SSSR count). The highest BCUT2D eigenvalue weighted by Crippen LogP contribution is 2.20. The summed E-state index contributed by atoms with van der Waals surface area (Å²) in [5.41, 5.74) is 2.25. The van der Waals surface area contributed by atoms with Crippen molar-refractivity contribution in [3.8, 4) is 12.3 Å². The van der Waals surface area contributed by atoms with Crippen molar-refractivity contribution in [1.82, 2.24) is 0 Å². The summed E-state index contributed by atoms with van der Waals surface area (Å²) in [7, 11) is 0. The molecular formula is C11H11N. The molecule has 0 saturated carbocycles. The Kier molecular flexibility index (Phi) is 1.75. The maximum atomic E-state index is 5.26. The number of hydrogen-bond donors (Lipinski definition) is 0. The summed E-state index contributed by atoms with van der Waals surface area (Å²) in [6.45, 7) is 2.38. The Morgan fingerprint density at radius 1 is 1.17 bits per heavy atom. The first-order valence-corrected chi connectivity index (χ1v) is 4.22. The van der Waals surface area contributed by atoms with Crippen molar-refractivity contribution in [2.24, 2.45) is 0 Å². The molecule has 1 heterocycles. The van der Waals surface area contributed by atoms with Crippen LogP contribution in [0.3, 0.4) is 0 Å². The van der Waals surface area contributed by atoms with Crippen molar-refractivity contribution >= 4 is 5.69 Å². The van der Waals surface area contributed by atoms with Crippen LogP contribution in [-0.2, 0) is 0 Å². The molecule has 0 radical (unpaired) electrons. The lowest BCUT2D eigenvalue weighted by Gasteiger charge is -2.33. The lowest BCUT2D eigenvalue weighted by molar-refractivity contribution is 0.618. The Hall–Kier alpha value is -1.42. The van der Waals surface area contributed by atoms with E-state index in [-0.39, 0.29) is 0 Å². The van der Waals surface area contributed by atoms with Crippen LogP contribution in [0.15, 0.2) is 24.3 Å². The second kappa shape index (κ2) is 2.91. The Bertz CT molecular complexity index is 301. The summed E-state index contributed by atoms with van der Waals surface area (Å²) in [6, 6.07) is 8.17. The van der Waals surface area contributed by atoms with Gasteiger partial charge in [0.25, 0.3) is 0 Å². The molecule has 1 aromatic rings. The highest BCUT2D eigenvalue weighted by Gasteiger charge is 2.13. The molecule has 0 amide bonds. The molecule has 1 aliphatic rings. The largest absolute Gasteiger partial charge is 0.371 e.